The Bertz CT molecular complexity index is 309. The minimum Gasteiger partial charge on any atom is -0.328 e. The average Bonchev–Trinajstić information content (AvgIpc) is 1.98. The van der Waals surface area contributed by atoms with Gasteiger partial charge in [0.25, 0.3) is 0 Å². The Kier molecular flexibility index (Phi) is 2.57. The highest BCUT2D eigenvalue weighted by Crippen LogP contribution is 2.27. The Morgan fingerprint density at radius 3 is 2.50 bits per heavy atom. The number of nitrogens with zero attached hydrogens (tertiary/aromatic N) is 1. The Hall–Kier alpha value is -0.130. The van der Waals surface area contributed by atoms with Gasteiger partial charge in [-0.15, -0.1) is 0 Å². The highest BCUT2D eigenvalue weighted by molar-refractivity contribution is 7.91. The van der Waals surface area contributed by atoms with Gasteiger partial charge in [-0.1, -0.05) is 0 Å². The molecule has 1 saturated heterocycles. The molecule has 1 atom stereocenters. The number of rotatable bonds is 1. The molecule has 1 saturated carbocycles. The van der Waals surface area contributed by atoms with E-state index in [-0.39, 0.29) is 6.04 Å². The minimum absolute atomic E-state index is 0.172. The first kappa shape index (κ1) is 10.4. The molecule has 0 bridgehead atoms. The van der Waals surface area contributed by atoms with Gasteiger partial charge in [-0.2, -0.15) is 0 Å². The van der Waals surface area contributed by atoms with Crippen LogP contribution in [0.15, 0.2) is 0 Å². The van der Waals surface area contributed by atoms with Gasteiger partial charge in [-0.25, -0.2) is 8.42 Å². The lowest BCUT2D eigenvalue weighted by Gasteiger charge is -2.46. The van der Waals surface area contributed by atoms with Crippen molar-refractivity contribution in [2.45, 2.75) is 37.9 Å². The van der Waals surface area contributed by atoms with Crippen LogP contribution in [0.4, 0.5) is 0 Å². The molecule has 0 amide bonds. The summed E-state index contributed by atoms with van der Waals surface area (Å²) in [5.41, 5.74) is 5.73. The molecule has 4 nitrogen and oxygen atoms in total. The van der Waals surface area contributed by atoms with Crippen molar-refractivity contribution >= 4 is 9.84 Å². The molecule has 2 fully saturated rings. The zero-order chi connectivity index (χ0) is 10.3. The summed E-state index contributed by atoms with van der Waals surface area (Å²) in [7, 11) is -2.77. The van der Waals surface area contributed by atoms with Crippen LogP contribution in [0.25, 0.3) is 0 Å². The van der Waals surface area contributed by atoms with Crippen LogP contribution in [0.3, 0.4) is 0 Å². The molecule has 0 spiro atoms. The molecule has 0 aromatic carbocycles. The maximum Gasteiger partial charge on any atom is 0.153 e. The van der Waals surface area contributed by atoms with Gasteiger partial charge in [-0.05, 0) is 19.8 Å². The van der Waals surface area contributed by atoms with Crippen molar-refractivity contribution in [2.24, 2.45) is 5.73 Å². The lowest BCUT2D eigenvalue weighted by molar-refractivity contribution is 0.0840. The molecular formula is C9H18N2O2S. The van der Waals surface area contributed by atoms with Crippen molar-refractivity contribution in [3.8, 4) is 0 Å². The molecule has 0 radical (unpaired) electrons. The highest BCUT2D eigenvalue weighted by atomic mass is 32.2. The Balaban J connectivity index is 1.96. The first-order chi connectivity index (χ1) is 6.48. The summed E-state index contributed by atoms with van der Waals surface area (Å²) < 4.78 is 22.7. The average molecular weight is 218 g/mol. The molecule has 2 rings (SSSR count). The third kappa shape index (κ3) is 1.94. The van der Waals surface area contributed by atoms with E-state index in [4.69, 9.17) is 5.73 Å². The predicted molar refractivity (Wildman–Crippen MR) is 55.8 cm³/mol. The van der Waals surface area contributed by atoms with E-state index in [1.165, 1.54) is 0 Å². The van der Waals surface area contributed by atoms with Gasteiger partial charge in [-0.3, -0.25) is 4.90 Å². The van der Waals surface area contributed by atoms with Crippen LogP contribution in [0.2, 0.25) is 0 Å². The van der Waals surface area contributed by atoms with E-state index in [1.807, 2.05) is 6.92 Å². The van der Waals surface area contributed by atoms with E-state index >= 15 is 0 Å². The molecular weight excluding hydrogens is 200 g/mol. The van der Waals surface area contributed by atoms with Gasteiger partial charge in [0.05, 0.1) is 11.5 Å². The molecule has 0 aromatic heterocycles. The van der Waals surface area contributed by atoms with Crippen LogP contribution in [0, 0.1) is 0 Å². The van der Waals surface area contributed by atoms with Crippen molar-refractivity contribution in [2.75, 3.05) is 18.1 Å². The van der Waals surface area contributed by atoms with Crippen molar-refractivity contribution in [3.05, 3.63) is 0 Å². The Labute approximate surface area is 85.4 Å². The van der Waals surface area contributed by atoms with Crippen LogP contribution in [0.1, 0.15) is 19.8 Å². The van der Waals surface area contributed by atoms with E-state index in [9.17, 15) is 8.42 Å². The second kappa shape index (κ2) is 3.47. The van der Waals surface area contributed by atoms with Gasteiger partial charge in [0, 0.05) is 24.7 Å². The lowest BCUT2D eigenvalue weighted by atomic mass is 9.85. The van der Waals surface area contributed by atoms with Crippen molar-refractivity contribution in [3.63, 3.8) is 0 Å². The first-order valence-electron chi connectivity index (χ1n) is 5.20. The van der Waals surface area contributed by atoms with E-state index < -0.39 is 9.84 Å². The fourth-order valence-corrected chi connectivity index (χ4v) is 4.04. The molecule has 1 heterocycles. The fourth-order valence-electron chi connectivity index (χ4n) is 2.45. The van der Waals surface area contributed by atoms with Crippen LogP contribution in [-0.2, 0) is 9.84 Å². The molecule has 2 N–H and O–H groups in total. The molecule has 1 aliphatic heterocycles. The number of sulfone groups is 1. The van der Waals surface area contributed by atoms with E-state index in [2.05, 4.69) is 4.90 Å². The van der Waals surface area contributed by atoms with Crippen LogP contribution < -0.4 is 5.73 Å². The van der Waals surface area contributed by atoms with E-state index in [0.29, 0.717) is 30.1 Å². The molecule has 2 aliphatic rings. The summed E-state index contributed by atoms with van der Waals surface area (Å²) in [6.07, 6.45) is 2.06. The van der Waals surface area contributed by atoms with Crippen molar-refractivity contribution in [1.29, 1.82) is 0 Å². The topological polar surface area (TPSA) is 63.4 Å². The molecule has 82 valence electrons. The SMILES string of the molecule is CC1CS(=O)(=O)CCN1C1CC(N)C1. The minimum atomic E-state index is -2.77. The zero-order valence-electron chi connectivity index (χ0n) is 8.52. The quantitative estimate of drug-likeness (QED) is 0.650. The third-order valence-corrected chi connectivity index (χ3v) is 5.14. The van der Waals surface area contributed by atoms with Gasteiger partial charge in [0.1, 0.15) is 0 Å². The summed E-state index contributed by atoms with van der Waals surface area (Å²) in [6.45, 7) is 2.70. The number of nitrogens with two attached hydrogens (primary N) is 1. The molecule has 14 heavy (non-hydrogen) atoms. The molecule has 1 unspecified atom stereocenters. The van der Waals surface area contributed by atoms with Crippen LogP contribution >= 0.6 is 0 Å². The van der Waals surface area contributed by atoms with Gasteiger partial charge < -0.3 is 5.73 Å². The predicted octanol–water partition coefficient (Wildman–Crippen LogP) is -0.405. The maximum atomic E-state index is 11.3. The lowest BCUT2D eigenvalue weighted by Crippen LogP contribution is -2.58. The van der Waals surface area contributed by atoms with Gasteiger partial charge in [0.15, 0.2) is 9.84 Å². The first-order valence-corrected chi connectivity index (χ1v) is 7.02. The third-order valence-electron chi connectivity index (χ3n) is 3.34. The summed E-state index contributed by atoms with van der Waals surface area (Å²) in [4.78, 5) is 2.31. The monoisotopic (exact) mass is 218 g/mol. The van der Waals surface area contributed by atoms with Crippen LogP contribution in [0.5, 0.6) is 0 Å². The molecule has 1 aliphatic carbocycles. The Morgan fingerprint density at radius 2 is 2.00 bits per heavy atom. The summed E-state index contributed by atoms with van der Waals surface area (Å²) in [5, 5.41) is 0. The smallest absolute Gasteiger partial charge is 0.153 e. The molecule has 5 heteroatoms. The second-order valence-electron chi connectivity index (χ2n) is 4.59. The molecule has 0 aromatic rings. The largest absolute Gasteiger partial charge is 0.328 e. The maximum absolute atomic E-state index is 11.3. The number of hydrogen-bond donors (Lipinski definition) is 1. The normalized spacial score (nSPS) is 43.1. The number of hydrogen-bond acceptors (Lipinski definition) is 4. The Morgan fingerprint density at radius 1 is 1.36 bits per heavy atom. The van der Waals surface area contributed by atoms with Crippen molar-refractivity contribution < 1.29 is 8.42 Å². The standard InChI is InChI=1S/C9H18N2O2S/c1-7-6-14(12,13)3-2-11(7)9-4-8(10)5-9/h7-9H,2-6,10H2,1H3. The van der Waals surface area contributed by atoms with Gasteiger partial charge in [0.2, 0.25) is 0 Å². The summed E-state index contributed by atoms with van der Waals surface area (Å²) in [6, 6.07) is 1.05. The van der Waals surface area contributed by atoms with E-state index in [1.54, 1.807) is 0 Å². The van der Waals surface area contributed by atoms with Crippen LogP contribution in [-0.4, -0.2) is 49.5 Å². The second-order valence-corrected chi connectivity index (χ2v) is 6.82. The summed E-state index contributed by atoms with van der Waals surface area (Å²) >= 11 is 0. The zero-order valence-corrected chi connectivity index (χ0v) is 9.33. The summed E-state index contributed by atoms with van der Waals surface area (Å²) in [5.74, 6) is 0.641. The highest BCUT2D eigenvalue weighted by Gasteiger charge is 2.37. The van der Waals surface area contributed by atoms with Crippen molar-refractivity contribution in [1.82, 2.24) is 4.90 Å². The van der Waals surface area contributed by atoms with Gasteiger partial charge >= 0.3 is 0 Å². The van der Waals surface area contributed by atoms with E-state index in [0.717, 1.165) is 12.8 Å². The fraction of sp³-hybridized carbons (Fsp3) is 1.00.